The van der Waals surface area contributed by atoms with E-state index in [0.29, 0.717) is 5.92 Å². The lowest BCUT2D eigenvalue weighted by Gasteiger charge is -2.30. The fraction of sp³-hybridized carbons (Fsp3) is 0.667. The zero-order chi connectivity index (χ0) is 14.9. The van der Waals surface area contributed by atoms with Crippen LogP contribution in [0.3, 0.4) is 0 Å². The summed E-state index contributed by atoms with van der Waals surface area (Å²) in [5.41, 5.74) is 0.155. The fourth-order valence-corrected chi connectivity index (χ4v) is 3.74. The highest BCUT2D eigenvalue weighted by atomic mass is 32.1. The van der Waals surface area contributed by atoms with Gasteiger partial charge in [0.05, 0.1) is 5.01 Å². The van der Waals surface area contributed by atoms with Gasteiger partial charge in [0.2, 0.25) is 0 Å². The summed E-state index contributed by atoms with van der Waals surface area (Å²) < 4.78 is 0. The highest BCUT2D eigenvalue weighted by Gasteiger charge is 2.24. The van der Waals surface area contributed by atoms with Gasteiger partial charge in [0, 0.05) is 29.0 Å². The Hall–Kier alpha value is -1.27. The summed E-state index contributed by atoms with van der Waals surface area (Å²) >= 11 is 1.85. The van der Waals surface area contributed by atoms with Crippen molar-refractivity contribution >= 4 is 11.3 Å². The Morgan fingerprint density at radius 1 is 1.29 bits per heavy atom. The van der Waals surface area contributed by atoms with E-state index in [-0.39, 0.29) is 5.41 Å². The Morgan fingerprint density at radius 2 is 2.05 bits per heavy atom. The van der Waals surface area contributed by atoms with Gasteiger partial charge in [0.25, 0.3) is 0 Å². The monoisotopic (exact) mass is 305 g/mol. The van der Waals surface area contributed by atoms with Crippen molar-refractivity contribution in [2.24, 2.45) is 0 Å². The lowest BCUT2D eigenvalue weighted by molar-refractivity contribution is 0.203. The van der Waals surface area contributed by atoms with Crippen LogP contribution in [-0.2, 0) is 12.0 Å². The summed E-state index contributed by atoms with van der Waals surface area (Å²) in [5, 5.41) is 8.19. The molecule has 0 radical (unpaired) electrons. The Kier molecular flexibility index (Phi) is 4.08. The molecule has 5 nitrogen and oxygen atoms in total. The van der Waals surface area contributed by atoms with Crippen LogP contribution < -0.4 is 0 Å². The van der Waals surface area contributed by atoms with Crippen molar-refractivity contribution in [2.75, 3.05) is 13.1 Å². The minimum Gasteiger partial charge on any atom is -0.298 e. The van der Waals surface area contributed by atoms with Gasteiger partial charge in [-0.15, -0.1) is 11.3 Å². The van der Waals surface area contributed by atoms with Gasteiger partial charge in [-0.2, -0.15) is 5.10 Å². The van der Waals surface area contributed by atoms with E-state index in [1.54, 1.807) is 6.33 Å². The van der Waals surface area contributed by atoms with Crippen LogP contribution in [0, 0.1) is 0 Å². The van der Waals surface area contributed by atoms with E-state index < -0.39 is 0 Å². The first kappa shape index (κ1) is 14.7. The molecule has 1 aliphatic heterocycles. The number of H-pyrrole nitrogens is 1. The molecule has 2 aromatic heterocycles. The van der Waals surface area contributed by atoms with Crippen molar-refractivity contribution in [3.05, 3.63) is 28.2 Å². The predicted molar refractivity (Wildman–Crippen MR) is 84.4 cm³/mol. The van der Waals surface area contributed by atoms with Gasteiger partial charge in [0.1, 0.15) is 12.2 Å². The van der Waals surface area contributed by atoms with Crippen LogP contribution in [0.4, 0.5) is 0 Å². The number of nitrogens with zero attached hydrogens (tertiary/aromatic N) is 4. The fourth-order valence-electron chi connectivity index (χ4n) is 2.72. The van der Waals surface area contributed by atoms with Crippen molar-refractivity contribution < 1.29 is 0 Å². The highest BCUT2D eigenvalue weighted by Crippen LogP contribution is 2.29. The zero-order valence-corrected chi connectivity index (χ0v) is 13.8. The second-order valence-corrected chi connectivity index (χ2v) is 7.92. The lowest BCUT2D eigenvalue weighted by Crippen LogP contribution is -2.32. The summed E-state index contributed by atoms with van der Waals surface area (Å²) in [7, 11) is 0. The molecule has 0 saturated carbocycles. The second-order valence-electron chi connectivity index (χ2n) is 6.80. The first-order valence-electron chi connectivity index (χ1n) is 7.55. The average molecular weight is 305 g/mol. The normalized spacial score (nSPS) is 18.2. The third-order valence-corrected chi connectivity index (χ3v) is 5.39. The van der Waals surface area contributed by atoms with Crippen molar-refractivity contribution in [2.45, 2.75) is 51.5 Å². The van der Waals surface area contributed by atoms with E-state index in [9.17, 15) is 0 Å². The molecular weight excluding hydrogens is 282 g/mol. The minimum atomic E-state index is 0.155. The van der Waals surface area contributed by atoms with Crippen LogP contribution >= 0.6 is 11.3 Å². The molecule has 114 valence electrons. The summed E-state index contributed by atoms with van der Waals surface area (Å²) in [6.45, 7) is 9.93. The standard InChI is InChI=1S/C15H23N5S/c1-15(2,3)14-16-8-12(21-14)9-20-6-4-11(5-7-20)13-17-10-18-19-13/h8,10-11H,4-7,9H2,1-3H3,(H,17,18,19). The molecule has 1 saturated heterocycles. The maximum Gasteiger partial charge on any atom is 0.137 e. The Morgan fingerprint density at radius 3 is 2.62 bits per heavy atom. The van der Waals surface area contributed by atoms with Gasteiger partial charge in [-0.1, -0.05) is 20.8 Å². The smallest absolute Gasteiger partial charge is 0.137 e. The van der Waals surface area contributed by atoms with Crippen molar-refractivity contribution in [1.82, 2.24) is 25.1 Å². The van der Waals surface area contributed by atoms with Crippen LogP contribution in [0.2, 0.25) is 0 Å². The topological polar surface area (TPSA) is 57.7 Å². The number of aromatic nitrogens is 4. The van der Waals surface area contributed by atoms with Gasteiger partial charge in [-0.05, 0) is 25.9 Å². The molecule has 0 aliphatic carbocycles. The first-order valence-corrected chi connectivity index (χ1v) is 8.37. The first-order chi connectivity index (χ1) is 10.0. The number of piperidine rings is 1. The minimum absolute atomic E-state index is 0.155. The largest absolute Gasteiger partial charge is 0.298 e. The maximum absolute atomic E-state index is 4.58. The van der Waals surface area contributed by atoms with E-state index in [1.165, 1.54) is 9.88 Å². The number of thiazole rings is 1. The highest BCUT2D eigenvalue weighted by molar-refractivity contribution is 7.11. The number of nitrogens with one attached hydrogen (secondary N) is 1. The summed E-state index contributed by atoms with van der Waals surface area (Å²) in [6.07, 6.45) is 5.96. The molecule has 6 heteroatoms. The maximum atomic E-state index is 4.58. The van der Waals surface area contributed by atoms with Gasteiger partial charge < -0.3 is 0 Å². The lowest BCUT2D eigenvalue weighted by atomic mass is 9.96. The van der Waals surface area contributed by atoms with Gasteiger partial charge in [-0.25, -0.2) is 9.97 Å². The Bertz CT molecular complexity index is 561. The van der Waals surface area contributed by atoms with E-state index in [0.717, 1.165) is 38.3 Å². The SMILES string of the molecule is CC(C)(C)c1ncc(CN2CCC(c3ncn[nH]3)CC2)s1. The van der Waals surface area contributed by atoms with Crippen molar-refractivity contribution in [1.29, 1.82) is 0 Å². The third-order valence-electron chi connectivity index (χ3n) is 3.98. The van der Waals surface area contributed by atoms with E-state index in [1.807, 2.05) is 17.5 Å². The molecule has 0 atom stereocenters. The quantitative estimate of drug-likeness (QED) is 0.947. The summed E-state index contributed by atoms with van der Waals surface area (Å²) in [6, 6.07) is 0. The van der Waals surface area contributed by atoms with E-state index in [4.69, 9.17) is 0 Å². The van der Waals surface area contributed by atoms with Gasteiger partial charge >= 0.3 is 0 Å². The molecule has 3 heterocycles. The van der Waals surface area contributed by atoms with Gasteiger partial charge in [-0.3, -0.25) is 10.00 Å². The molecule has 1 N–H and O–H groups in total. The van der Waals surface area contributed by atoms with Crippen LogP contribution in [0.25, 0.3) is 0 Å². The predicted octanol–water partition coefficient (Wildman–Crippen LogP) is 2.94. The number of aromatic amines is 1. The molecule has 0 aromatic carbocycles. The molecule has 0 amide bonds. The summed E-state index contributed by atoms with van der Waals surface area (Å²) in [4.78, 5) is 12.8. The molecule has 21 heavy (non-hydrogen) atoms. The molecule has 0 unspecified atom stereocenters. The molecule has 0 spiro atoms. The van der Waals surface area contributed by atoms with E-state index >= 15 is 0 Å². The Balaban J connectivity index is 1.55. The molecular formula is C15H23N5S. The number of hydrogen-bond donors (Lipinski definition) is 1. The zero-order valence-electron chi connectivity index (χ0n) is 13.0. The van der Waals surface area contributed by atoms with Crippen LogP contribution in [0.5, 0.6) is 0 Å². The van der Waals surface area contributed by atoms with Crippen LogP contribution in [-0.4, -0.2) is 38.2 Å². The Labute approximate surface area is 129 Å². The number of hydrogen-bond acceptors (Lipinski definition) is 5. The molecule has 1 aliphatic rings. The molecule has 1 fully saturated rings. The van der Waals surface area contributed by atoms with Crippen LogP contribution in [0.15, 0.2) is 12.5 Å². The molecule has 3 rings (SSSR count). The van der Waals surface area contributed by atoms with Crippen LogP contribution in [0.1, 0.15) is 55.2 Å². The third kappa shape index (κ3) is 3.49. The molecule has 2 aromatic rings. The summed E-state index contributed by atoms with van der Waals surface area (Å²) in [5.74, 6) is 1.58. The van der Waals surface area contributed by atoms with Crippen molar-refractivity contribution in [3.8, 4) is 0 Å². The van der Waals surface area contributed by atoms with E-state index in [2.05, 4.69) is 45.8 Å². The van der Waals surface area contributed by atoms with Gasteiger partial charge in [0.15, 0.2) is 0 Å². The number of likely N-dealkylation sites (tertiary alicyclic amines) is 1. The average Bonchev–Trinajstić information content (AvgIpc) is 3.09. The van der Waals surface area contributed by atoms with Crippen molar-refractivity contribution in [3.63, 3.8) is 0 Å². The molecule has 0 bridgehead atoms. The second kappa shape index (κ2) is 5.85. The number of rotatable bonds is 3.